The van der Waals surface area contributed by atoms with Gasteiger partial charge in [-0.3, -0.25) is 0 Å². The van der Waals surface area contributed by atoms with E-state index in [1.165, 1.54) is 0 Å². The van der Waals surface area contributed by atoms with E-state index in [9.17, 15) is 5.11 Å². The van der Waals surface area contributed by atoms with E-state index in [2.05, 4.69) is 46.8 Å². The van der Waals surface area contributed by atoms with Crippen LogP contribution >= 0.6 is 0 Å². The van der Waals surface area contributed by atoms with Crippen molar-refractivity contribution in [1.29, 1.82) is 0 Å². The van der Waals surface area contributed by atoms with Gasteiger partial charge in [0.2, 0.25) is 0 Å². The van der Waals surface area contributed by atoms with Crippen molar-refractivity contribution in [3.8, 4) is 5.75 Å². The Morgan fingerprint density at radius 3 is 2.00 bits per heavy atom. The second kappa shape index (κ2) is 5.77. The van der Waals surface area contributed by atoms with Crippen molar-refractivity contribution in [2.24, 2.45) is 5.41 Å². The molecule has 0 unspecified atom stereocenters. The fourth-order valence-electron chi connectivity index (χ4n) is 2.64. The fourth-order valence-corrected chi connectivity index (χ4v) is 2.64. The summed E-state index contributed by atoms with van der Waals surface area (Å²) >= 11 is 0. The smallest absolute Gasteiger partial charge is 0.119 e. The molecule has 1 rings (SSSR count). The molecule has 0 aromatic heterocycles. The summed E-state index contributed by atoms with van der Waals surface area (Å²) in [6, 6.07) is 5.97. The number of hydrogen-bond acceptors (Lipinski definition) is 1. The van der Waals surface area contributed by atoms with Gasteiger partial charge in [-0.2, -0.15) is 0 Å². The van der Waals surface area contributed by atoms with Crippen LogP contribution in [-0.2, 0) is 5.41 Å². The maximum Gasteiger partial charge on any atom is 0.119 e. The summed E-state index contributed by atoms with van der Waals surface area (Å²) < 4.78 is 0. The van der Waals surface area contributed by atoms with Crippen LogP contribution in [0.3, 0.4) is 0 Å². The molecule has 1 aromatic carbocycles. The van der Waals surface area contributed by atoms with Gasteiger partial charge in [-0.25, -0.2) is 0 Å². The minimum absolute atomic E-state index is 0. The van der Waals surface area contributed by atoms with Gasteiger partial charge >= 0.3 is 0 Å². The molecular weight excluding hydrogens is 219 g/mol. The Morgan fingerprint density at radius 2 is 1.59 bits per heavy atom. The second-order valence-electron chi connectivity index (χ2n) is 6.64. The molecule has 0 aliphatic carbocycles. The van der Waals surface area contributed by atoms with E-state index in [0.717, 1.165) is 17.5 Å². The largest absolute Gasteiger partial charge is 0.508 e. The van der Waals surface area contributed by atoms with Gasteiger partial charge in [0, 0.05) is 29.6 Å². The van der Waals surface area contributed by atoms with Crippen molar-refractivity contribution in [2.45, 2.75) is 53.4 Å². The van der Waals surface area contributed by atoms with Crippen molar-refractivity contribution in [3.05, 3.63) is 29.3 Å². The number of benzene rings is 1. The van der Waals surface area contributed by atoms with Crippen LogP contribution in [0.15, 0.2) is 18.2 Å². The van der Waals surface area contributed by atoms with Gasteiger partial charge in [-0.1, -0.05) is 46.8 Å². The molecular formula is C15H24NaO. The SMILES string of the molecule is Cc1ccc(C(C)(C)CC(C)(C)C)c(O)c1.[Na]. The van der Waals surface area contributed by atoms with Gasteiger partial charge in [-0.15, -0.1) is 0 Å². The number of phenols is 1. The van der Waals surface area contributed by atoms with Crippen molar-refractivity contribution in [1.82, 2.24) is 0 Å². The molecule has 0 amide bonds. The third kappa shape index (κ3) is 5.03. The van der Waals surface area contributed by atoms with E-state index < -0.39 is 0 Å². The van der Waals surface area contributed by atoms with E-state index in [-0.39, 0.29) is 40.4 Å². The molecule has 0 aliphatic rings. The van der Waals surface area contributed by atoms with E-state index in [1.807, 2.05) is 13.0 Å². The van der Waals surface area contributed by atoms with Crippen LogP contribution in [-0.4, -0.2) is 34.7 Å². The van der Waals surface area contributed by atoms with E-state index in [1.54, 1.807) is 0 Å². The van der Waals surface area contributed by atoms with Crippen molar-refractivity contribution < 1.29 is 5.11 Å². The third-order valence-electron chi connectivity index (χ3n) is 2.85. The third-order valence-corrected chi connectivity index (χ3v) is 2.85. The van der Waals surface area contributed by atoms with Gasteiger partial charge in [0.25, 0.3) is 0 Å². The first-order valence-electron chi connectivity index (χ1n) is 5.92. The molecule has 2 heteroatoms. The molecule has 0 saturated carbocycles. The predicted octanol–water partition coefficient (Wildman–Crippen LogP) is 4.03. The Labute approximate surface area is 128 Å². The van der Waals surface area contributed by atoms with Crippen LogP contribution in [0.4, 0.5) is 0 Å². The molecule has 0 heterocycles. The molecule has 0 fully saturated rings. The van der Waals surface area contributed by atoms with Crippen LogP contribution in [0.25, 0.3) is 0 Å². The first-order valence-corrected chi connectivity index (χ1v) is 5.92. The van der Waals surface area contributed by atoms with Crippen molar-refractivity contribution in [2.75, 3.05) is 0 Å². The maximum absolute atomic E-state index is 10.0. The van der Waals surface area contributed by atoms with Gasteiger partial charge in [-0.05, 0) is 41.4 Å². The minimum Gasteiger partial charge on any atom is -0.508 e. The molecule has 91 valence electrons. The van der Waals surface area contributed by atoms with Gasteiger partial charge in [0.1, 0.15) is 5.75 Å². The van der Waals surface area contributed by atoms with Crippen molar-refractivity contribution >= 4 is 29.6 Å². The number of aromatic hydroxyl groups is 1. The molecule has 1 radical (unpaired) electrons. The van der Waals surface area contributed by atoms with Gasteiger partial charge < -0.3 is 5.11 Å². The Balaban J connectivity index is 0.00000256. The topological polar surface area (TPSA) is 20.2 Å². The second-order valence-corrected chi connectivity index (χ2v) is 6.64. The summed E-state index contributed by atoms with van der Waals surface area (Å²) in [5.74, 6) is 0.425. The Bertz CT molecular complexity index is 375. The van der Waals surface area contributed by atoms with Crippen LogP contribution < -0.4 is 0 Å². The molecule has 0 saturated heterocycles. The first-order chi connectivity index (χ1) is 7.12. The molecule has 0 aliphatic heterocycles. The number of phenolic OH excluding ortho intramolecular Hbond substituents is 1. The number of aryl methyl sites for hydroxylation is 1. The summed E-state index contributed by atoms with van der Waals surface area (Å²) in [4.78, 5) is 0. The summed E-state index contributed by atoms with van der Waals surface area (Å²) in [7, 11) is 0. The maximum atomic E-state index is 10.0. The summed E-state index contributed by atoms with van der Waals surface area (Å²) in [5, 5.41) is 10.0. The van der Waals surface area contributed by atoms with Gasteiger partial charge in [0.05, 0.1) is 0 Å². The fraction of sp³-hybridized carbons (Fsp3) is 0.600. The minimum atomic E-state index is 0. The first kappa shape index (κ1) is 17.0. The average Bonchev–Trinajstić information content (AvgIpc) is 1.97. The zero-order valence-electron chi connectivity index (χ0n) is 12.4. The summed E-state index contributed by atoms with van der Waals surface area (Å²) in [6.45, 7) is 13.1. The molecule has 0 atom stereocenters. The molecule has 17 heavy (non-hydrogen) atoms. The number of hydrogen-bond donors (Lipinski definition) is 1. The Morgan fingerprint density at radius 1 is 1.06 bits per heavy atom. The molecule has 1 nitrogen and oxygen atoms in total. The normalized spacial score (nSPS) is 12.1. The zero-order chi connectivity index (χ0) is 12.6. The predicted molar refractivity (Wildman–Crippen MR) is 75.7 cm³/mol. The molecule has 1 aromatic rings. The molecule has 0 spiro atoms. The van der Waals surface area contributed by atoms with Crippen LogP contribution in [0.1, 0.15) is 52.2 Å². The average molecular weight is 243 g/mol. The van der Waals surface area contributed by atoms with E-state index in [0.29, 0.717) is 5.75 Å². The summed E-state index contributed by atoms with van der Waals surface area (Å²) in [6.07, 6.45) is 1.05. The molecule has 1 N–H and O–H groups in total. The van der Waals surface area contributed by atoms with Crippen molar-refractivity contribution in [3.63, 3.8) is 0 Å². The van der Waals surface area contributed by atoms with Gasteiger partial charge in [0.15, 0.2) is 0 Å². The zero-order valence-corrected chi connectivity index (χ0v) is 14.4. The summed E-state index contributed by atoms with van der Waals surface area (Å²) in [5.41, 5.74) is 2.43. The monoisotopic (exact) mass is 243 g/mol. The van der Waals surface area contributed by atoms with Crippen LogP contribution in [0.5, 0.6) is 5.75 Å². The molecule has 0 bridgehead atoms. The van der Waals surface area contributed by atoms with E-state index >= 15 is 0 Å². The number of rotatable bonds is 2. The Kier molecular flexibility index (Phi) is 5.78. The Hall–Kier alpha value is 0.0200. The van der Waals surface area contributed by atoms with Crippen LogP contribution in [0.2, 0.25) is 0 Å². The van der Waals surface area contributed by atoms with E-state index in [4.69, 9.17) is 0 Å². The van der Waals surface area contributed by atoms with Crippen LogP contribution in [0, 0.1) is 12.3 Å². The standard InChI is InChI=1S/C15H24O.Na/c1-11-7-8-12(13(16)9-11)15(5,6)10-14(2,3)4;/h7-9,16H,10H2,1-6H3;. The quantitative estimate of drug-likeness (QED) is 0.777.